The summed E-state index contributed by atoms with van der Waals surface area (Å²) in [6.45, 7) is 3.75. The number of nitrogens with zero attached hydrogens (tertiary/aromatic N) is 2. The van der Waals surface area contributed by atoms with Gasteiger partial charge in [0.2, 0.25) is 0 Å². The van der Waals surface area contributed by atoms with Crippen molar-refractivity contribution in [1.82, 2.24) is 15.0 Å². The summed E-state index contributed by atoms with van der Waals surface area (Å²) >= 11 is -1.33. The minimum absolute atomic E-state index is 0.247. The summed E-state index contributed by atoms with van der Waals surface area (Å²) in [6.07, 6.45) is 4.98. The van der Waals surface area contributed by atoms with Gasteiger partial charge in [-0.2, -0.15) is 4.98 Å². The highest BCUT2D eigenvalue weighted by Crippen LogP contribution is 2.43. The van der Waals surface area contributed by atoms with E-state index in [9.17, 15) is 4.55 Å². The minimum Gasteiger partial charge on any atom is -0.609 e. The van der Waals surface area contributed by atoms with Gasteiger partial charge in [-0.1, -0.05) is 18.6 Å². The molecule has 30 heavy (non-hydrogen) atoms. The second-order valence-corrected chi connectivity index (χ2v) is 9.51. The maximum atomic E-state index is 12.8. The van der Waals surface area contributed by atoms with E-state index in [1.165, 1.54) is 19.3 Å². The zero-order chi connectivity index (χ0) is 20.6. The fourth-order valence-electron chi connectivity index (χ4n) is 3.94. The minimum atomic E-state index is -1.33. The molecule has 2 aliphatic rings. The average molecular weight is 428 g/mol. The van der Waals surface area contributed by atoms with Crippen LogP contribution in [0.4, 0.5) is 0 Å². The SMILES string of the molecule is Cc1c(OCC2OCC3(CCC3)CO2)ccnc1C[S+]([O-])c1nc2ccccc2[nH]1. The van der Waals surface area contributed by atoms with Crippen LogP contribution < -0.4 is 4.74 Å². The Kier molecular flexibility index (Phi) is 5.41. The molecule has 2 fully saturated rings. The van der Waals surface area contributed by atoms with Gasteiger partial charge in [0.15, 0.2) is 12.0 Å². The van der Waals surface area contributed by atoms with Crippen LogP contribution in [0.25, 0.3) is 11.0 Å². The molecule has 3 aromatic rings. The lowest BCUT2D eigenvalue weighted by Gasteiger charge is -2.45. The first-order valence-electron chi connectivity index (χ1n) is 10.3. The van der Waals surface area contributed by atoms with E-state index < -0.39 is 11.2 Å². The lowest BCUT2D eigenvalue weighted by molar-refractivity contribution is -0.253. The van der Waals surface area contributed by atoms with Crippen molar-refractivity contribution in [2.75, 3.05) is 19.8 Å². The lowest BCUT2D eigenvalue weighted by atomic mass is 9.70. The number of hydrogen-bond acceptors (Lipinski definition) is 6. The zero-order valence-electron chi connectivity index (χ0n) is 16.9. The number of benzene rings is 1. The number of pyridine rings is 1. The van der Waals surface area contributed by atoms with Crippen molar-refractivity contribution in [3.05, 3.63) is 47.8 Å². The van der Waals surface area contributed by atoms with Crippen LogP contribution in [0.5, 0.6) is 5.75 Å². The molecular formula is C22H25N3O4S. The molecule has 3 heterocycles. The molecule has 1 aliphatic heterocycles. The molecule has 0 bridgehead atoms. The van der Waals surface area contributed by atoms with Crippen LogP contribution in [0, 0.1) is 12.3 Å². The fraction of sp³-hybridized carbons (Fsp3) is 0.455. The predicted octanol–water partition coefficient (Wildman–Crippen LogP) is 3.50. The van der Waals surface area contributed by atoms with Crippen molar-refractivity contribution in [2.24, 2.45) is 5.41 Å². The van der Waals surface area contributed by atoms with Gasteiger partial charge in [-0.15, -0.1) is 0 Å². The highest BCUT2D eigenvalue weighted by molar-refractivity contribution is 7.90. The van der Waals surface area contributed by atoms with Crippen molar-refractivity contribution in [3.63, 3.8) is 0 Å². The van der Waals surface area contributed by atoms with Gasteiger partial charge in [0, 0.05) is 28.4 Å². The molecule has 1 N–H and O–H groups in total. The second-order valence-electron chi connectivity index (χ2n) is 8.15. The van der Waals surface area contributed by atoms with E-state index in [2.05, 4.69) is 15.0 Å². The van der Waals surface area contributed by atoms with Crippen LogP contribution in [-0.2, 0) is 26.4 Å². The third kappa shape index (κ3) is 3.92. The maximum Gasteiger partial charge on any atom is 0.322 e. The number of para-hydroxylation sites is 2. The number of imidazole rings is 1. The summed E-state index contributed by atoms with van der Waals surface area (Å²) in [7, 11) is 0. The number of nitrogens with one attached hydrogen (secondary N) is 1. The highest BCUT2D eigenvalue weighted by atomic mass is 32.2. The van der Waals surface area contributed by atoms with Crippen molar-refractivity contribution < 1.29 is 18.8 Å². The lowest BCUT2D eigenvalue weighted by Crippen LogP contribution is -2.47. The Morgan fingerprint density at radius 2 is 2.03 bits per heavy atom. The van der Waals surface area contributed by atoms with Gasteiger partial charge in [0.05, 0.1) is 29.9 Å². The summed E-state index contributed by atoms with van der Waals surface area (Å²) in [5, 5.41) is 0.456. The molecule has 0 radical (unpaired) electrons. The number of H-pyrrole nitrogens is 1. The number of aromatic amines is 1. The fourth-order valence-corrected chi connectivity index (χ4v) is 5.04. The van der Waals surface area contributed by atoms with Crippen molar-refractivity contribution in [2.45, 2.75) is 43.4 Å². The van der Waals surface area contributed by atoms with Gasteiger partial charge in [-0.3, -0.25) is 9.97 Å². The van der Waals surface area contributed by atoms with E-state index >= 15 is 0 Å². The first-order valence-corrected chi connectivity index (χ1v) is 11.6. The predicted molar refractivity (Wildman–Crippen MR) is 113 cm³/mol. The topological polar surface area (TPSA) is 92.3 Å². The van der Waals surface area contributed by atoms with Crippen LogP contribution in [-0.4, -0.2) is 45.6 Å². The highest BCUT2D eigenvalue weighted by Gasteiger charge is 2.42. The molecule has 8 heteroatoms. The summed E-state index contributed by atoms with van der Waals surface area (Å²) in [4.78, 5) is 12.0. The normalized spacial score (nSPS) is 19.7. The molecule has 7 nitrogen and oxygen atoms in total. The molecule has 1 unspecified atom stereocenters. The number of rotatable bonds is 6. The number of fused-ring (bicyclic) bond motifs is 1. The summed E-state index contributed by atoms with van der Waals surface area (Å²) in [5.74, 6) is 0.972. The molecule has 1 atom stereocenters. The number of ether oxygens (including phenoxy) is 3. The van der Waals surface area contributed by atoms with Crippen molar-refractivity contribution in [1.29, 1.82) is 0 Å². The molecule has 1 saturated heterocycles. The largest absolute Gasteiger partial charge is 0.609 e. The first kappa shape index (κ1) is 19.8. The Morgan fingerprint density at radius 3 is 2.77 bits per heavy atom. The molecular weight excluding hydrogens is 402 g/mol. The summed E-state index contributed by atoms with van der Waals surface area (Å²) < 4.78 is 30.5. The van der Waals surface area contributed by atoms with Gasteiger partial charge in [0.25, 0.3) is 0 Å². The van der Waals surface area contributed by atoms with E-state index in [1.54, 1.807) is 6.20 Å². The van der Waals surface area contributed by atoms with Gasteiger partial charge < -0.3 is 18.8 Å². The molecule has 158 valence electrons. The van der Waals surface area contributed by atoms with Crippen LogP contribution in [0.3, 0.4) is 0 Å². The van der Waals surface area contributed by atoms with Crippen LogP contribution >= 0.6 is 0 Å². The van der Waals surface area contributed by atoms with Gasteiger partial charge in [-0.25, -0.2) is 0 Å². The van der Waals surface area contributed by atoms with E-state index in [0.29, 0.717) is 17.5 Å². The van der Waals surface area contributed by atoms with Crippen molar-refractivity contribution >= 4 is 22.2 Å². The van der Waals surface area contributed by atoms with E-state index in [0.717, 1.165) is 35.5 Å². The quantitative estimate of drug-likeness (QED) is 0.606. The third-order valence-corrected chi connectivity index (χ3v) is 7.21. The van der Waals surface area contributed by atoms with Crippen LogP contribution in [0.1, 0.15) is 30.5 Å². The zero-order valence-corrected chi connectivity index (χ0v) is 17.7. The summed E-state index contributed by atoms with van der Waals surface area (Å²) in [5.41, 5.74) is 3.52. The Balaban J connectivity index is 1.22. The second kappa shape index (κ2) is 8.19. The number of aromatic nitrogens is 3. The monoisotopic (exact) mass is 427 g/mol. The molecule has 5 rings (SSSR count). The molecule has 1 spiro atoms. The summed E-state index contributed by atoms with van der Waals surface area (Å²) in [6, 6.07) is 9.47. The van der Waals surface area contributed by atoms with Crippen LogP contribution in [0.15, 0.2) is 41.7 Å². The van der Waals surface area contributed by atoms with E-state index in [4.69, 9.17) is 14.2 Å². The smallest absolute Gasteiger partial charge is 0.322 e. The first-order chi connectivity index (χ1) is 14.6. The Morgan fingerprint density at radius 1 is 1.23 bits per heavy atom. The Hall–Kier alpha value is -2.13. The molecule has 1 saturated carbocycles. The molecule has 1 aromatic carbocycles. The standard InChI is InChI=1S/C22H25N3O4S/c1-15-18(12-30(26)21-24-16-5-2-3-6-17(16)25-21)23-10-7-19(15)27-11-20-28-13-22(14-29-20)8-4-9-22/h2-3,5-7,10,20H,4,8-9,11-14H2,1H3,(H,24,25). The average Bonchev–Trinajstić information content (AvgIpc) is 3.18. The maximum absolute atomic E-state index is 12.8. The van der Waals surface area contributed by atoms with Gasteiger partial charge >= 0.3 is 5.16 Å². The van der Waals surface area contributed by atoms with E-state index in [-0.39, 0.29) is 17.5 Å². The molecule has 2 aromatic heterocycles. The van der Waals surface area contributed by atoms with Crippen LogP contribution in [0.2, 0.25) is 0 Å². The third-order valence-electron chi connectivity index (χ3n) is 6.05. The molecule has 1 aliphatic carbocycles. The Labute approximate surface area is 178 Å². The van der Waals surface area contributed by atoms with Gasteiger partial charge in [0.1, 0.15) is 12.4 Å². The van der Waals surface area contributed by atoms with E-state index in [1.807, 2.05) is 37.3 Å². The number of hydrogen-bond donors (Lipinski definition) is 1. The van der Waals surface area contributed by atoms with Crippen molar-refractivity contribution in [3.8, 4) is 5.75 Å². The Bertz CT molecular complexity index is 993. The van der Waals surface area contributed by atoms with Gasteiger partial charge in [-0.05, 0) is 38.0 Å². The molecule has 0 amide bonds.